The number of hydrogen-bond donors (Lipinski definition) is 1. The molecule has 0 saturated heterocycles. The molecule has 0 fully saturated rings. The first kappa shape index (κ1) is 17.3. The second-order valence-electron chi connectivity index (χ2n) is 6.40. The number of rotatable bonds is 4. The summed E-state index contributed by atoms with van der Waals surface area (Å²) in [5, 5.41) is 13.4. The van der Waals surface area contributed by atoms with E-state index in [0.29, 0.717) is 28.7 Å². The SMILES string of the molecule is COc1cc(C2CCc3cc4c(cc3/C2=N\O)OCO4)cc(OC)c1OC. The van der Waals surface area contributed by atoms with Crippen molar-refractivity contribution in [2.45, 2.75) is 18.8 Å². The Morgan fingerprint density at radius 3 is 2.22 bits per heavy atom. The summed E-state index contributed by atoms with van der Waals surface area (Å²) in [6, 6.07) is 7.65. The molecule has 0 aromatic heterocycles. The lowest BCUT2D eigenvalue weighted by Crippen LogP contribution is -2.22. The van der Waals surface area contributed by atoms with Gasteiger partial charge in [0, 0.05) is 11.5 Å². The minimum atomic E-state index is -0.114. The molecule has 1 unspecified atom stereocenters. The summed E-state index contributed by atoms with van der Waals surface area (Å²) in [7, 11) is 4.73. The Hall–Kier alpha value is -3.09. The van der Waals surface area contributed by atoms with Gasteiger partial charge in [-0.15, -0.1) is 0 Å². The smallest absolute Gasteiger partial charge is 0.231 e. The van der Waals surface area contributed by atoms with E-state index >= 15 is 0 Å². The van der Waals surface area contributed by atoms with Crippen LogP contribution in [0.25, 0.3) is 0 Å². The highest BCUT2D eigenvalue weighted by atomic mass is 16.7. The van der Waals surface area contributed by atoms with Crippen molar-refractivity contribution < 1.29 is 28.9 Å². The number of ether oxygens (including phenoxy) is 5. The lowest BCUT2D eigenvalue weighted by Gasteiger charge is -2.27. The molecule has 27 heavy (non-hydrogen) atoms. The van der Waals surface area contributed by atoms with Gasteiger partial charge in [-0.2, -0.15) is 0 Å². The third-order valence-corrected chi connectivity index (χ3v) is 5.10. The van der Waals surface area contributed by atoms with Crippen molar-refractivity contribution in [1.82, 2.24) is 0 Å². The Balaban J connectivity index is 1.79. The van der Waals surface area contributed by atoms with Crippen LogP contribution in [0, 0.1) is 0 Å². The van der Waals surface area contributed by atoms with E-state index in [-0.39, 0.29) is 12.7 Å². The highest BCUT2D eigenvalue weighted by molar-refractivity contribution is 6.07. The zero-order valence-electron chi connectivity index (χ0n) is 15.4. The van der Waals surface area contributed by atoms with Crippen LogP contribution in [-0.2, 0) is 6.42 Å². The van der Waals surface area contributed by atoms with Crippen LogP contribution in [-0.4, -0.2) is 39.0 Å². The molecule has 1 N–H and O–H groups in total. The first-order valence-electron chi connectivity index (χ1n) is 8.64. The Labute approximate surface area is 157 Å². The van der Waals surface area contributed by atoms with Crippen molar-refractivity contribution in [2.75, 3.05) is 28.1 Å². The summed E-state index contributed by atoms with van der Waals surface area (Å²) in [5.74, 6) is 2.96. The fraction of sp³-hybridized carbons (Fsp3) is 0.350. The molecule has 0 radical (unpaired) electrons. The second kappa shape index (κ2) is 6.90. The fourth-order valence-electron chi connectivity index (χ4n) is 3.80. The molecule has 142 valence electrons. The molecule has 0 bridgehead atoms. The molecule has 2 aliphatic rings. The van der Waals surface area contributed by atoms with Gasteiger partial charge in [0.1, 0.15) is 0 Å². The number of oxime groups is 1. The summed E-state index contributed by atoms with van der Waals surface area (Å²) < 4.78 is 27.3. The summed E-state index contributed by atoms with van der Waals surface area (Å²) in [6.07, 6.45) is 1.61. The molecule has 1 aliphatic heterocycles. The van der Waals surface area contributed by atoms with Crippen molar-refractivity contribution in [2.24, 2.45) is 5.16 Å². The number of methoxy groups -OCH3 is 3. The number of aryl methyl sites for hydroxylation is 1. The van der Waals surface area contributed by atoms with E-state index in [0.717, 1.165) is 35.3 Å². The van der Waals surface area contributed by atoms with E-state index in [2.05, 4.69) is 5.16 Å². The molecule has 7 heteroatoms. The van der Waals surface area contributed by atoms with Crippen LogP contribution in [0.3, 0.4) is 0 Å². The summed E-state index contributed by atoms with van der Waals surface area (Å²) >= 11 is 0. The fourth-order valence-corrected chi connectivity index (χ4v) is 3.80. The minimum absolute atomic E-state index is 0.114. The first-order chi connectivity index (χ1) is 13.2. The Morgan fingerprint density at radius 2 is 1.63 bits per heavy atom. The average molecular weight is 371 g/mol. The van der Waals surface area contributed by atoms with Crippen LogP contribution in [0.15, 0.2) is 29.4 Å². The van der Waals surface area contributed by atoms with Crippen molar-refractivity contribution in [1.29, 1.82) is 0 Å². The van der Waals surface area contributed by atoms with Crippen LogP contribution < -0.4 is 23.7 Å². The third kappa shape index (κ3) is 2.79. The third-order valence-electron chi connectivity index (χ3n) is 5.10. The van der Waals surface area contributed by atoms with Crippen LogP contribution >= 0.6 is 0 Å². The molecule has 2 aromatic carbocycles. The van der Waals surface area contributed by atoms with Gasteiger partial charge in [0.25, 0.3) is 0 Å². The number of fused-ring (bicyclic) bond motifs is 2. The normalized spacial score (nSPS) is 18.9. The summed E-state index contributed by atoms with van der Waals surface area (Å²) in [6.45, 7) is 0.208. The van der Waals surface area contributed by atoms with Crippen molar-refractivity contribution in [3.63, 3.8) is 0 Å². The first-order valence-corrected chi connectivity index (χ1v) is 8.64. The van der Waals surface area contributed by atoms with E-state index in [4.69, 9.17) is 23.7 Å². The van der Waals surface area contributed by atoms with Crippen LogP contribution in [0.4, 0.5) is 0 Å². The Morgan fingerprint density at radius 1 is 0.963 bits per heavy atom. The highest BCUT2D eigenvalue weighted by Crippen LogP contribution is 2.45. The topological polar surface area (TPSA) is 78.7 Å². The second-order valence-corrected chi connectivity index (χ2v) is 6.40. The van der Waals surface area contributed by atoms with Gasteiger partial charge in [0.15, 0.2) is 23.0 Å². The largest absolute Gasteiger partial charge is 0.493 e. The minimum Gasteiger partial charge on any atom is -0.493 e. The van der Waals surface area contributed by atoms with Gasteiger partial charge >= 0.3 is 0 Å². The van der Waals surface area contributed by atoms with Gasteiger partial charge in [-0.3, -0.25) is 0 Å². The van der Waals surface area contributed by atoms with Crippen molar-refractivity contribution >= 4 is 5.71 Å². The number of benzene rings is 2. The predicted molar refractivity (Wildman–Crippen MR) is 98.0 cm³/mol. The molecule has 4 rings (SSSR count). The lowest BCUT2D eigenvalue weighted by atomic mass is 9.78. The van der Waals surface area contributed by atoms with Gasteiger partial charge in [0.2, 0.25) is 12.5 Å². The maximum absolute atomic E-state index is 9.80. The highest BCUT2D eigenvalue weighted by Gasteiger charge is 2.31. The molecular formula is C20H21NO6. The standard InChI is InChI=1S/C20H21NO6/c1-23-17-7-12(8-18(24-2)20(17)25-3)13-5-4-11-6-15-16(27-10-26-15)9-14(11)19(13)21-22/h6-9,13,22H,4-5,10H2,1-3H3/b21-19-. The predicted octanol–water partition coefficient (Wildman–Crippen LogP) is 3.35. The number of hydrogen-bond acceptors (Lipinski definition) is 7. The van der Waals surface area contributed by atoms with Crippen LogP contribution in [0.2, 0.25) is 0 Å². The van der Waals surface area contributed by atoms with Crippen LogP contribution in [0.5, 0.6) is 28.7 Å². The quantitative estimate of drug-likeness (QED) is 0.656. The van der Waals surface area contributed by atoms with Gasteiger partial charge in [-0.05, 0) is 48.2 Å². The van der Waals surface area contributed by atoms with Gasteiger partial charge in [0.05, 0.1) is 27.0 Å². The van der Waals surface area contributed by atoms with Gasteiger partial charge < -0.3 is 28.9 Å². The molecule has 1 heterocycles. The molecule has 0 spiro atoms. The molecule has 2 aromatic rings. The van der Waals surface area contributed by atoms with E-state index < -0.39 is 0 Å². The van der Waals surface area contributed by atoms with E-state index in [1.54, 1.807) is 21.3 Å². The maximum Gasteiger partial charge on any atom is 0.231 e. The molecule has 0 amide bonds. The lowest BCUT2D eigenvalue weighted by molar-refractivity contribution is 0.174. The van der Waals surface area contributed by atoms with Gasteiger partial charge in [-0.25, -0.2) is 0 Å². The molecule has 7 nitrogen and oxygen atoms in total. The molecule has 0 saturated carbocycles. The summed E-state index contributed by atoms with van der Waals surface area (Å²) in [5.41, 5.74) is 3.46. The van der Waals surface area contributed by atoms with E-state index in [9.17, 15) is 5.21 Å². The van der Waals surface area contributed by atoms with Crippen molar-refractivity contribution in [3.05, 3.63) is 41.0 Å². The van der Waals surface area contributed by atoms with Gasteiger partial charge in [-0.1, -0.05) is 5.16 Å². The molecule has 1 atom stereocenters. The van der Waals surface area contributed by atoms with E-state index in [1.807, 2.05) is 24.3 Å². The zero-order valence-corrected chi connectivity index (χ0v) is 15.4. The maximum atomic E-state index is 9.80. The monoisotopic (exact) mass is 371 g/mol. The Kier molecular flexibility index (Phi) is 4.43. The molecule has 1 aliphatic carbocycles. The Bertz CT molecular complexity index is 883. The average Bonchev–Trinajstić information content (AvgIpc) is 3.17. The molecular weight excluding hydrogens is 350 g/mol. The van der Waals surface area contributed by atoms with Crippen LogP contribution in [0.1, 0.15) is 29.0 Å². The summed E-state index contributed by atoms with van der Waals surface area (Å²) in [4.78, 5) is 0. The number of nitrogens with zero attached hydrogens (tertiary/aromatic N) is 1. The van der Waals surface area contributed by atoms with Crippen molar-refractivity contribution in [3.8, 4) is 28.7 Å². The zero-order chi connectivity index (χ0) is 19.0. The van der Waals surface area contributed by atoms with E-state index in [1.165, 1.54) is 0 Å².